The molecule has 2 aromatic rings. The fourth-order valence-electron chi connectivity index (χ4n) is 2.33. The summed E-state index contributed by atoms with van der Waals surface area (Å²) in [6.07, 6.45) is -0.512. The summed E-state index contributed by atoms with van der Waals surface area (Å²) < 4.78 is 36.8. The number of urea groups is 1. The Morgan fingerprint density at radius 1 is 1.39 bits per heavy atom. The third kappa shape index (κ3) is 4.45. The number of nitrogens with zero attached hydrogens (tertiary/aromatic N) is 4. The van der Waals surface area contributed by atoms with Crippen LogP contribution in [-0.4, -0.2) is 60.7 Å². The van der Waals surface area contributed by atoms with Crippen molar-refractivity contribution < 1.29 is 27.5 Å². The Morgan fingerprint density at radius 2 is 2.18 bits per heavy atom. The van der Waals surface area contributed by atoms with E-state index in [9.17, 15) is 18.0 Å². The van der Waals surface area contributed by atoms with E-state index in [1.165, 1.54) is 18.1 Å². The van der Waals surface area contributed by atoms with Crippen molar-refractivity contribution in [3.63, 3.8) is 0 Å². The Bertz CT molecular complexity index is 1010. The first-order valence-corrected chi connectivity index (χ1v) is 10.2. The van der Waals surface area contributed by atoms with Crippen molar-refractivity contribution in [2.75, 3.05) is 25.6 Å². The highest BCUT2D eigenvalue weighted by molar-refractivity contribution is 7.90. The lowest BCUT2D eigenvalue weighted by Crippen LogP contribution is -2.35. The Kier molecular flexibility index (Phi) is 5.60. The molecule has 0 radical (unpaired) electrons. The molecule has 0 aliphatic carbocycles. The van der Waals surface area contributed by atoms with Crippen molar-refractivity contribution in [2.24, 2.45) is 0 Å². The second-order valence-corrected chi connectivity index (χ2v) is 8.15. The fourth-order valence-corrected chi connectivity index (χ4v) is 4.69. The van der Waals surface area contributed by atoms with Crippen LogP contribution in [-0.2, 0) is 21.3 Å². The minimum Gasteiger partial charge on any atom is -0.467 e. The number of cyclic esters (lactones) is 1. The summed E-state index contributed by atoms with van der Waals surface area (Å²) in [5.41, 5.74) is 0. The van der Waals surface area contributed by atoms with E-state index in [1.54, 1.807) is 12.3 Å². The third-order valence-corrected chi connectivity index (χ3v) is 5.99. The Hall–Kier alpha value is -3.00. The van der Waals surface area contributed by atoms with Crippen LogP contribution in [0.15, 0.2) is 16.3 Å². The molecule has 2 aromatic heterocycles. The first-order valence-electron chi connectivity index (χ1n) is 7.87. The molecule has 0 saturated carbocycles. The predicted octanol–water partition coefficient (Wildman–Crippen LogP) is 0.713. The van der Waals surface area contributed by atoms with Gasteiger partial charge in [0.25, 0.3) is 10.0 Å². The van der Waals surface area contributed by atoms with Gasteiger partial charge >= 0.3 is 18.1 Å². The molecule has 1 aliphatic rings. The lowest BCUT2D eigenvalue weighted by atomic mass is 10.4. The smallest absolute Gasteiger partial charge is 0.410 e. The topological polar surface area (TPSA) is 153 Å². The first-order chi connectivity index (χ1) is 13.3. The summed E-state index contributed by atoms with van der Waals surface area (Å²) in [5.74, 6) is 0.116. The largest absolute Gasteiger partial charge is 0.467 e. The number of sulfonamides is 1. The van der Waals surface area contributed by atoms with E-state index in [-0.39, 0.29) is 35.8 Å². The van der Waals surface area contributed by atoms with Gasteiger partial charge in [0.15, 0.2) is 0 Å². The number of ether oxygens (including phenoxy) is 2. The highest BCUT2D eigenvalue weighted by Gasteiger charge is 2.28. The number of nitrogens with one attached hydrogen (secondary N) is 2. The maximum absolute atomic E-state index is 12.6. The molecule has 12 nitrogen and oxygen atoms in total. The molecule has 2 N–H and O–H groups in total. The van der Waals surface area contributed by atoms with Crippen LogP contribution >= 0.6 is 11.3 Å². The number of aryl methyl sites for hydroxylation is 1. The van der Waals surface area contributed by atoms with Crippen LogP contribution in [0.2, 0.25) is 0 Å². The normalized spacial score (nSPS) is 13.9. The number of amides is 3. The number of hydrogen-bond acceptors (Lipinski definition) is 10. The van der Waals surface area contributed by atoms with Gasteiger partial charge in [0.2, 0.25) is 5.95 Å². The number of rotatable bonds is 6. The molecule has 0 aromatic carbocycles. The van der Waals surface area contributed by atoms with Crippen molar-refractivity contribution in [1.29, 1.82) is 0 Å². The van der Waals surface area contributed by atoms with E-state index in [4.69, 9.17) is 9.47 Å². The van der Waals surface area contributed by atoms with Crippen molar-refractivity contribution in [2.45, 2.75) is 18.4 Å². The Morgan fingerprint density at radius 3 is 2.86 bits per heavy atom. The number of hydrogen-bond donors (Lipinski definition) is 2. The zero-order chi connectivity index (χ0) is 20.3. The van der Waals surface area contributed by atoms with Crippen molar-refractivity contribution in [3.05, 3.63) is 22.1 Å². The van der Waals surface area contributed by atoms with Crippen LogP contribution in [0.1, 0.15) is 10.7 Å². The van der Waals surface area contributed by atoms with Gasteiger partial charge in [-0.2, -0.15) is 15.0 Å². The van der Waals surface area contributed by atoms with Crippen LogP contribution in [0, 0.1) is 6.92 Å². The third-order valence-electron chi connectivity index (χ3n) is 3.54. The van der Waals surface area contributed by atoms with Gasteiger partial charge in [-0.05, 0) is 18.4 Å². The molecule has 28 heavy (non-hydrogen) atoms. The lowest BCUT2D eigenvalue weighted by molar-refractivity contribution is 0.157. The molecule has 14 heteroatoms. The van der Waals surface area contributed by atoms with Gasteiger partial charge in [-0.25, -0.2) is 22.7 Å². The van der Waals surface area contributed by atoms with Gasteiger partial charge in [0.05, 0.1) is 20.2 Å². The number of carbonyl (C=O) groups excluding carboxylic acids is 2. The van der Waals surface area contributed by atoms with Crippen LogP contribution in [0.5, 0.6) is 6.01 Å². The van der Waals surface area contributed by atoms with E-state index in [2.05, 4.69) is 20.3 Å². The van der Waals surface area contributed by atoms with Crippen LogP contribution in [0.25, 0.3) is 0 Å². The molecule has 3 rings (SSSR count). The van der Waals surface area contributed by atoms with E-state index in [1.807, 2.05) is 4.72 Å². The number of methoxy groups -OCH3 is 1. The summed E-state index contributed by atoms with van der Waals surface area (Å²) in [4.78, 5) is 36.9. The van der Waals surface area contributed by atoms with E-state index < -0.39 is 22.1 Å². The maximum atomic E-state index is 12.6. The van der Waals surface area contributed by atoms with E-state index >= 15 is 0 Å². The van der Waals surface area contributed by atoms with Crippen LogP contribution < -0.4 is 14.8 Å². The molecule has 3 heterocycles. The Labute approximate surface area is 164 Å². The average molecular weight is 428 g/mol. The number of anilines is 1. The molecule has 0 unspecified atom stereocenters. The van der Waals surface area contributed by atoms with Gasteiger partial charge in [-0.15, -0.1) is 11.3 Å². The number of carbonyl (C=O) groups is 2. The SMILES string of the molecule is COc1nc(C)nc(NC(=O)NS(=O)(=O)c2ccsc2CN2CCOC2=O)n1. The highest BCUT2D eigenvalue weighted by Crippen LogP contribution is 2.24. The van der Waals surface area contributed by atoms with Crippen molar-refractivity contribution >= 4 is 39.4 Å². The summed E-state index contributed by atoms with van der Waals surface area (Å²) >= 11 is 1.15. The molecular formula is C14H16N6O6S2. The molecule has 3 amide bonds. The summed E-state index contributed by atoms with van der Waals surface area (Å²) in [7, 11) is -2.84. The molecular weight excluding hydrogens is 412 g/mol. The van der Waals surface area contributed by atoms with Gasteiger partial charge in [0, 0.05) is 4.88 Å². The molecule has 150 valence electrons. The monoisotopic (exact) mass is 428 g/mol. The summed E-state index contributed by atoms with van der Waals surface area (Å²) in [6, 6.07) is 0.279. The molecule has 0 atom stereocenters. The second kappa shape index (κ2) is 7.93. The van der Waals surface area contributed by atoms with Crippen molar-refractivity contribution in [3.8, 4) is 6.01 Å². The van der Waals surface area contributed by atoms with Crippen LogP contribution in [0.3, 0.4) is 0 Å². The molecule has 1 saturated heterocycles. The fraction of sp³-hybridized carbons (Fsp3) is 0.357. The highest BCUT2D eigenvalue weighted by atomic mass is 32.2. The molecule has 0 bridgehead atoms. The van der Waals surface area contributed by atoms with Crippen LogP contribution in [0.4, 0.5) is 15.5 Å². The summed E-state index contributed by atoms with van der Waals surface area (Å²) in [5, 5.41) is 3.78. The van der Waals surface area contributed by atoms with Gasteiger partial charge in [-0.3, -0.25) is 10.2 Å². The standard InChI is InChI=1S/C14H16N6O6S2/c1-8-15-11(18-13(16-8)25-2)17-12(21)19-28(23,24)10-3-6-27-9(10)7-20-4-5-26-14(20)22/h3,6H,4-5,7H2,1-2H3,(H2,15,16,17,18,19,21). The molecule has 0 spiro atoms. The number of aromatic nitrogens is 3. The van der Waals surface area contributed by atoms with E-state index in [0.717, 1.165) is 11.3 Å². The maximum Gasteiger partial charge on any atom is 0.410 e. The minimum absolute atomic E-state index is 0.0247. The molecule has 1 aliphatic heterocycles. The van der Waals surface area contributed by atoms with Gasteiger partial charge in [-0.1, -0.05) is 0 Å². The zero-order valence-electron chi connectivity index (χ0n) is 14.8. The van der Waals surface area contributed by atoms with Gasteiger partial charge < -0.3 is 9.47 Å². The van der Waals surface area contributed by atoms with E-state index in [0.29, 0.717) is 11.4 Å². The zero-order valence-corrected chi connectivity index (χ0v) is 16.5. The summed E-state index contributed by atoms with van der Waals surface area (Å²) in [6.45, 7) is 2.25. The number of thiophene rings is 1. The second-order valence-electron chi connectivity index (χ2n) is 5.50. The first kappa shape index (κ1) is 19.8. The average Bonchev–Trinajstić information content (AvgIpc) is 3.24. The van der Waals surface area contributed by atoms with Gasteiger partial charge in [0.1, 0.15) is 17.3 Å². The predicted molar refractivity (Wildman–Crippen MR) is 96.5 cm³/mol. The quantitative estimate of drug-likeness (QED) is 0.677. The lowest BCUT2D eigenvalue weighted by Gasteiger charge is -2.13. The van der Waals surface area contributed by atoms with Crippen molar-refractivity contribution in [1.82, 2.24) is 24.6 Å². The molecule has 1 fully saturated rings. The minimum atomic E-state index is -4.18. The Balaban J connectivity index is 1.72.